The lowest BCUT2D eigenvalue weighted by Gasteiger charge is -2.59. The van der Waals surface area contributed by atoms with Crippen LogP contribution in [0, 0.1) is 27.9 Å². The first-order chi connectivity index (χ1) is 38.5. The molecule has 1 aliphatic heterocycles. The van der Waals surface area contributed by atoms with Crippen molar-refractivity contribution in [2.75, 3.05) is 72.3 Å². The molecule has 4 N–H and O–H groups in total. The van der Waals surface area contributed by atoms with Crippen molar-refractivity contribution >= 4 is 29.3 Å². The van der Waals surface area contributed by atoms with Crippen molar-refractivity contribution in [2.45, 2.75) is 140 Å². The van der Waals surface area contributed by atoms with Crippen LogP contribution in [0.25, 0.3) is 0 Å². The summed E-state index contributed by atoms with van der Waals surface area (Å²) in [5, 5.41) is 49.0. The molecule has 0 saturated heterocycles. The van der Waals surface area contributed by atoms with E-state index in [0.29, 0.717) is 79.2 Å². The van der Waals surface area contributed by atoms with Crippen LogP contribution in [0.2, 0.25) is 0 Å². The summed E-state index contributed by atoms with van der Waals surface area (Å²) in [4.78, 5) is 47.5. The predicted octanol–water partition coefficient (Wildman–Crippen LogP) is 11.4. The number of unbranched alkanes of at least 4 members (excludes halogenated alkanes) is 11. The molecule has 19 heteroatoms. The number of nitro groups is 1. The van der Waals surface area contributed by atoms with Gasteiger partial charge >= 0.3 is 12.2 Å². The fourth-order valence-corrected chi connectivity index (χ4v) is 11.3. The number of hydrogen-bond acceptors (Lipinski definition) is 16. The second-order valence-corrected chi connectivity index (χ2v) is 20.4. The van der Waals surface area contributed by atoms with E-state index in [9.17, 15) is 35.0 Å². The molecule has 6 atom stereocenters. The highest BCUT2D eigenvalue weighted by Gasteiger charge is 2.65. The smallest absolute Gasteiger partial charge is 0.417 e. The molecule has 1 fully saturated rings. The molecule has 3 aromatic carbocycles. The quantitative estimate of drug-likeness (QED) is 0.0183. The number of ether oxygens (including phenoxy) is 7. The SMILES string of the molecule is C=CCOC12Oc3ccc(OC(=O)Nc4ccc(OC)cc4OC)cc3C3C(CCCCO)C(CCCCO)C=C(C(=NOCc4ccc([N+](=O)[O-])cc4)CC1N(CCOCCO)C(=O)OCCCCCCCCCCCC)C32. The molecular formula is C60H84N4O15. The third-order valence-corrected chi connectivity index (χ3v) is 15.1. The number of rotatable bonds is 36. The van der Waals surface area contributed by atoms with Gasteiger partial charge in [0.15, 0.2) is 0 Å². The number of oxime groups is 1. The third-order valence-electron chi connectivity index (χ3n) is 15.1. The van der Waals surface area contributed by atoms with Crippen LogP contribution in [-0.4, -0.2) is 122 Å². The highest BCUT2D eigenvalue weighted by molar-refractivity contribution is 6.03. The zero-order chi connectivity index (χ0) is 56.4. The van der Waals surface area contributed by atoms with Crippen molar-refractivity contribution in [1.82, 2.24) is 4.90 Å². The van der Waals surface area contributed by atoms with Crippen LogP contribution in [0.4, 0.5) is 21.0 Å². The maximum absolute atomic E-state index is 14.9. The first-order valence-corrected chi connectivity index (χ1v) is 28.3. The van der Waals surface area contributed by atoms with Gasteiger partial charge in [-0.15, -0.1) is 6.58 Å². The number of aliphatic hydroxyl groups excluding tert-OH is 3. The Kier molecular flexibility index (Phi) is 25.7. The molecule has 1 saturated carbocycles. The number of methoxy groups -OCH3 is 2. The zero-order valence-electron chi connectivity index (χ0n) is 46.5. The van der Waals surface area contributed by atoms with E-state index in [0.717, 1.165) is 30.4 Å². The number of aliphatic hydroxyl groups is 3. The van der Waals surface area contributed by atoms with Crippen LogP contribution in [0.1, 0.15) is 133 Å². The monoisotopic (exact) mass is 1100 g/mol. The van der Waals surface area contributed by atoms with E-state index in [-0.39, 0.29) is 89.1 Å². The van der Waals surface area contributed by atoms with E-state index in [1.807, 2.05) is 6.07 Å². The Morgan fingerprint density at radius 3 is 2.23 bits per heavy atom. The number of nitrogens with zero attached hydrogens (tertiary/aromatic N) is 3. The lowest BCUT2D eigenvalue weighted by atomic mass is 9.55. The molecule has 434 valence electrons. The number of allylic oxidation sites excluding steroid dienone is 1. The summed E-state index contributed by atoms with van der Waals surface area (Å²) in [7, 11) is 3.02. The number of nitro benzene ring substituents is 1. The molecule has 6 unspecified atom stereocenters. The number of hydrogen-bond donors (Lipinski definition) is 4. The zero-order valence-corrected chi connectivity index (χ0v) is 46.5. The van der Waals surface area contributed by atoms with Crippen molar-refractivity contribution < 1.29 is 67.8 Å². The summed E-state index contributed by atoms with van der Waals surface area (Å²) >= 11 is 0. The minimum atomic E-state index is -1.64. The summed E-state index contributed by atoms with van der Waals surface area (Å²) < 4.78 is 43.4. The topological polar surface area (TPSA) is 239 Å². The van der Waals surface area contributed by atoms with Crippen molar-refractivity contribution in [3.05, 3.63) is 106 Å². The van der Waals surface area contributed by atoms with Gasteiger partial charge in [0.25, 0.3) is 5.69 Å². The second kappa shape index (κ2) is 32.7. The summed E-state index contributed by atoms with van der Waals surface area (Å²) in [6, 6.07) is 15.3. The minimum Gasteiger partial charge on any atom is -0.497 e. The Hall–Kier alpha value is -6.25. The Bertz CT molecular complexity index is 2450. The largest absolute Gasteiger partial charge is 0.497 e. The fourth-order valence-electron chi connectivity index (χ4n) is 11.3. The molecule has 1 heterocycles. The molecule has 2 amide bonds. The summed E-state index contributed by atoms with van der Waals surface area (Å²) in [6.07, 6.45) is 17.5. The van der Waals surface area contributed by atoms with Gasteiger partial charge in [0.05, 0.1) is 69.5 Å². The van der Waals surface area contributed by atoms with E-state index in [1.54, 1.807) is 53.4 Å². The van der Waals surface area contributed by atoms with Gasteiger partial charge in [0.2, 0.25) is 5.79 Å². The first kappa shape index (κ1) is 62.0. The standard InChI is InChI=1S/C60H84N4O15/c1-5-7-8-9-10-11-12-13-14-19-35-75-59(69)63(30-36-74-37-33-67)55-41-52(62-77-42-43-22-24-45(25-23-43)64(70)71)49-38-44(20-15-17-31-65)48(21-16-18-32-66)56-50-39-47(27-29-53(50)79-60(55,57(49)56)76-34-6-2)78-58(68)61-51-28-26-46(72-3)40-54(51)73-4/h6,22-29,38-40,44,48,55-57,65-67H,2,5,7-21,30-37,41-42H2,1,3-4H3,(H,61,68). The van der Waals surface area contributed by atoms with Crippen LogP contribution in [-0.2, 0) is 25.7 Å². The maximum Gasteiger partial charge on any atom is 0.417 e. The molecule has 0 radical (unpaired) electrons. The normalized spacial score (nSPS) is 20.5. The maximum atomic E-state index is 14.9. The Labute approximate surface area is 465 Å². The highest BCUT2D eigenvalue weighted by atomic mass is 16.7. The molecule has 6 rings (SSSR count). The second-order valence-electron chi connectivity index (χ2n) is 20.4. The van der Waals surface area contributed by atoms with E-state index in [4.69, 9.17) is 43.2 Å². The van der Waals surface area contributed by atoms with Gasteiger partial charge in [0, 0.05) is 55.9 Å². The molecular weight excluding hydrogens is 1020 g/mol. The number of non-ortho nitro benzene ring substituents is 1. The van der Waals surface area contributed by atoms with Crippen LogP contribution < -0.4 is 24.3 Å². The summed E-state index contributed by atoms with van der Waals surface area (Å²) in [5.41, 5.74) is 2.93. The van der Waals surface area contributed by atoms with Crippen molar-refractivity contribution in [3.63, 3.8) is 0 Å². The summed E-state index contributed by atoms with van der Waals surface area (Å²) in [5.74, 6) is -1.50. The van der Waals surface area contributed by atoms with Crippen LogP contribution in [0.5, 0.6) is 23.0 Å². The lowest BCUT2D eigenvalue weighted by Crippen LogP contribution is -2.70. The van der Waals surface area contributed by atoms with E-state index in [1.165, 1.54) is 64.9 Å². The molecule has 79 heavy (non-hydrogen) atoms. The van der Waals surface area contributed by atoms with Crippen LogP contribution >= 0.6 is 0 Å². The van der Waals surface area contributed by atoms with E-state index >= 15 is 0 Å². The highest BCUT2D eigenvalue weighted by Crippen LogP contribution is 2.62. The number of carbonyl (C=O) groups is 2. The summed E-state index contributed by atoms with van der Waals surface area (Å²) in [6.45, 7) is 6.31. The average molecular weight is 1100 g/mol. The number of nitrogens with one attached hydrogen (secondary N) is 1. The molecule has 19 nitrogen and oxygen atoms in total. The van der Waals surface area contributed by atoms with Crippen molar-refractivity contribution in [3.8, 4) is 23.0 Å². The molecule has 3 aromatic rings. The minimum absolute atomic E-state index is 0.00518. The van der Waals surface area contributed by atoms with Gasteiger partial charge in [-0.25, -0.2) is 9.59 Å². The van der Waals surface area contributed by atoms with Gasteiger partial charge in [0.1, 0.15) is 35.6 Å². The van der Waals surface area contributed by atoms with Gasteiger partial charge in [-0.05, 0) is 97.5 Å². The first-order valence-electron chi connectivity index (χ1n) is 28.3. The van der Waals surface area contributed by atoms with Gasteiger partial charge in [-0.2, -0.15) is 0 Å². The number of fused-ring (bicyclic) bond motifs is 2. The lowest BCUT2D eigenvalue weighted by molar-refractivity contribution is -0.384. The van der Waals surface area contributed by atoms with Gasteiger partial charge in [-0.3, -0.25) is 20.3 Å². The Balaban J connectivity index is 1.46. The van der Waals surface area contributed by atoms with Crippen LogP contribution in [0.3, 0.4) is 0 Å². The molecule has 0 aromatic heterocycles. The average Bonchev–Trinajstić information content (AvgIpc) is 3.44. The Morgan fingerprint density at radius 2 is 1.56 bits per heavy atom. The fraction of sp³-hybridized carbons (Fsp3) is 0.583. The van der Waals surface area contributed by atoms with Crippen molar-refractivity contribution in [2.24, 2.45) is 22.9 Å². The third kappa shape index (κ3) is 17.1. The van der Waals surface area contributed by atoms with Gasteiger partial charge in [-0.1, -0.05) is 94.9 Å². The Morgan fingerprint density at radius 1 is 0.848 bits per heavy atom. The number of amides is 2. The molecule has 2 aliphatic carbocycles. The number of anilines is 1. The van der Waals surface area contributed by atoms with Crippen molar-refractivity contribution in [1.29, 1.82) is 0 Å². The molecule has 0 spiro atoms. The predicted molar refractivity (Wildman–Crippen MR) is 300 cm³/mol. The van der Waals surface area contributed by atoms with Gasteiger partial charge < -0.3 is 53.3 Å². The number of benzene rings is 3. The van der Waals surface area contributed by atoms with E-state index in [2.05, 4.69) is 24.9 Å². The van der Waals surface area contributed by atoms with Crippen LogP contribution in [0.15, 0.2) is 90.1 Å². The van der Waals surface area contributed by atoms with E-state index < -0.39 is 40.8 Å². The molecule has 3 aliphatic rings. The molecule has 0 bridgehead atoms. The number of carbonyl (C=O) groups excluding carboxylic acids is 2.